The van der Waals surface area contributed by atoms with Crippen molar-refractivity contribution in [1.29, 1.82) is 0 Å². The van der Waals surface area contributed by atoms with Crippen LogP contribution in [0, 0.1) is 0 Å². The second-order valence-corrected chi connectivity index (χ2v) is 4.67. The van der Waals surface area contributed by atoms with Crippen LogP contribution < -0.4 is 11.5 Å². The van der Waals surface area contributed by atoms with Crippen molar-refractivity contribution < 1.29 is 26.4 Å². The van der Waals surface area contributed by atoms with Gasteiger partial charge in [0.25, 0.3) is 0 Å². The number of hydrogen-bond donors (Lipinski definition) is 4. The summed E-state index contributed by atoms with van der Waals surface area (Å²) in [6.07, 6.45) is 0. The fourth-order valence-electron chi connectivity index (χ4n) is 0.491. The van der Waals surface area contributed by atoms with E-state index < -0.39 is 34.4 Å². The maximum absolute atomic E-state index is 11.0. The summed E-state index contributed by atoms with van der Waals surface area (Å²) in [5, 5.41) is 0. The van der Waals surface area contributed by atoms with Gasteiger partial charge in [-0.25, -0.2) is 9.59 Å². The molecule has 4 N–H and O–H groups in total. The molecule has 0 saturated heterocycles. The highest BCUT2D eigenvalue weighted by Crippen LogP contribution is 2.02. The van der Waals surface area contributed by atoms with Gasteiger partial charge in [0.05, 0.1) is 0 Å². The monoisotopic (exact) mass is 304 g/mol. The molecule has 0 unspecified atom stereocenters. The smallest absolute Gasteiger partial charge is 0.318 e. The summed E-state index contributed by atoms with van der Waals surface area (Å²) in [5.41, 5.74) is 10.3. The highest BCUT2D eigenvalue weighted by atomic mass is 32.3. The Kier molecular flexibility index (Phi) is 6.85. The average molecular weight is 304 g/mol. The van der Waals surface area contributed by atoms with E-state index in [0.717, 1.165) is 0 Å². The molecule has 11 heteroatoms. The molecule has 0 aromatic heterocycles. The van der Waals surface area contributed by atoms with E-state index in [1.165, 1.54) is 0 Å². The van der Waals surface area contributed by atoms with Gasteiger partial charge >= 0.3 is 22.3 Å². The van der Waals surface area contributed by atoms with Crippen molar-refractivity contribution in [1.82, 2.24) is 0 Å². The lowest BCUT2D eigenvalue weighted by Crippen LogP contribution is -2.39. The Morgan fingerprint density at radius 2 is 1.29 bits per heavy atom. The SMILES string of the molecule is N[C@@H](CS)C(=O)OS(=O)(=O)OC(=O)[C@@H](N)CS. The first-order valence-corrected chi connectivity index (χ1v) is 6.77. The highest BCUT2D eigenvalue weighted by molar-refractivity contribution is 7.82. The van der Waals surface area contributed by atoms with Gasteiger partial charge in [0.2, 0.25) is 0 Å². The van der Waals surface area contributed by atoms with Crippen LogP contribution in [0.25, 0.3) is 0 Å². The molecule has 0 heterocycles. The lowest BCUT2D eigenvalue weighted by Gasteiger charge is -2.10. The van der Waals surface area contributed by atoms with E-state index in [2.05, 4.69) is 33.6 Å². The standard InChI is InChI=1S/C6H12N2O6S3/c7-3(1-15)5(9)13-17(11,12)14-6(10)4(8)2-16/h3-4,15-16H,1-2,7-8H2/t3-,4-/m0/s1. The van der Waals surface area contributed by atoms with Crippen molar-refractivity contribution in [3.63, 3.8) is 0 Å². The summed E-state index contributed by atoms with van der Waals surface area (Å²) in [7, 11) is -4.82. The van der Waals surface area contributed by atoms with Gasteiger partial charge in [-0.3, -0.25) is 0 Å². The molecule has 0 aliphatic rings. The highest BCUT2D eigenvalue weighted by Gasteiger charge is 2.28. The van der Waals surface area contributed by atoms with Gasteiger partial charge < -0.3 is 19.8 Å². The van der Waals surface area contributed by atoms with Crippen LogP contribution in [0.15, 0.2) is 0 Å². The summed E-state index contributed by atoms with van der Waals surface area (Å²) in [5.74, 6) is -2.82. The van der Waals surface area contributed by atoms with Gasteiger partial charge in [0.15, 0.2) is 0 Å². The van der Waals surface area contributed by atoms with E-state index >= 15 is 0 Å². The van der Waals surface area contributed by atoms with Crippen LogP contribution in [-0.2, 0) is 28.4 Å². The number of nitrogens with two attached hydrogens (primary N) is 2. The summed E-state index contributed by atoms with van der Waals surface area (Å²) in [6.45, 7) is 0. The maximum atomic E-state index is 11.0. The molecule has 0 aliphatic heterocycles. The molecule has 2 atom stereocenters. The first kappa shape index (κ1) is 16.5. The van der Waals surface area contributed by atoms with Gasteiger partial charge in [0.1, 0.15) is 12.1 Å². The molecule has 8 nitrogen and oxygen atoms in total. The zero-order valence-corrected chi connectivity index (χ0v) is 11.1. The molecule has 0 amide bonds. The van der Waals surface area contributed by atoms with Gasteiger partial charge in [-0.15, -0.1) is 8.42 Å². The molecule has 0 radical (unpaired) electrons. The molecule has 0 aromatic rings. The number of carbonyl (C=O) groups excluding carboxylic acids is 2. The number of carbonyl (C=O) groups is 2. The molecule has 0 spiro atoms. The molecule has 0 aliphatic carbocycles. The topological polar surface area (TPSA) is 139 Å². The van der Waals surface area contributed by atoms with E-state index in [1.54, 1.807) is 0 Å². The van der Waals surface area contributed by atoms with Crippen molar-refractivity contribution >= 4 is 47.6 Å². The van der Waals surface area contributed by atoms with E-state index in [4.69, 9.17) is 11.5 Å². The van der Waals surface area contributed by atoms with Crippen LogP contribution in [0.1, 0.15) is 0 Å². The molecule has 0 bridgehead atoms. The molecular weight excluding hydrogens is 292 g/mol. The summed E-state index contributed by atoms with van der Waals surface area (Å²) in [4.78, 5) is 22.0. The summed E-state index contributed by atoms with van der Waals surface area (Å²) < 4.78 is 29.9. The molecule has 0 fully saturated rings. The van der Waals surface area contributed by atoms with E-state index in [1.807, 2.05) is 0 Å². The normalized spacial score (nSPS) is 14.8. The van der Waals surface area contributed by atoms with Crippen LogP contribution >= 0.6 is 25.3 Å². The zero-order valence-electron chi connectivity index (χ0n) is 8.48. The molecule has 0 saturated carbocycles. The largest absolute Gasteiger partial charge is 0.506 e. The second kappa shape index (κ2) is 7.06. The van der Waals surface area contributed by atoms with Crippen LogP contribution in [0.5, 0.6) is 0 Å². The summed E-state index contributed by atoms with van der Waals surface area (Å²) in [6, 6.07) is -2.49. The van der Waals surface area contributed by atoms with E-state index in [-0.39, 0.29) is 11.5 Å². The number of rotatable bonds is 6. The van der Waals surface area contributed by atoms with Crippen molar-refractivity contribution in [3.05, 3.63) is 0 Å². The lowest BCUT2D eigenvalue weighted by atomic mass is 10.4. The molecular formula is C6H12N2O6S3. The molecule has 17 heavy (non-hydrogen) atoms. The third-order valence-electron chi connectivity index (χ3n) is 1.37. The summed E-state index contributed by atoms with van der Waals surface area (Å²) >= 11 is 7.33. The van der Waals surface area contributed by atoms with E-state index in [0.29, 0.717) is 0 Å². The zero-order chi connectivity index (χ0) is 13.6. The Morgan fingerprint density at radius 1 is 1.00 bits per heavy atom. The van der Waals surface area contributed by atoms with Crippen LogP contribution in [0.4, 0.5) is 0 Å². The second-order valence-electron chi connectivity index (χ2n) is 2.79. The fourth-order valence-corrected chi connectivity index (χ4v) is 1.47. The molecule has 0 rings (SSSR count). The first-order valence-electron chi connectivity index (χ1n) is 4.18. The van der Waals surface area contributed by atoms with Crippen LogP contribution in [0.2, 0.25) is 0 Å². The molecule has 100 valence electrons. The van der Waals surface area contributed by atoms with Crippen LogP contribution in [0.3, 0.4) is 0 Å². The third-order valence-corrected chi connectivity index (χ3v) is 2.89. The Labute approximate surface area is 109 Å². The Morgan fingerprint density at radius 3 is 1.53 bits per heavy atom. The predicted molar refractivity (Wildman–Crippen MR) is 64.8 cm³/mol. The van der Waals surface area contributed by atoms with Crippen LogP contribution in [-0.4, -0.2) is 43.9 Å². The van der Waals surface area contributed by atoms with Gasteiger partial charge in [-0.1, -0.05) is 0 Å². The van der Waals surface area contributed by atoms with Gasteiger partial charge in [0, 0.05) is 11.5 Å². The quantitative estimate of drug-likeness (QED) is 0.407. The predicted octanol–water partition coefficient (Wildman–Crippen LogP) is -2.17. The number of hydrogen-bond acceptors (Lipinski definition) is 10. The Balaban J connectivity index is 4.51. The minimum atomic E-state index is -4.82. The van der Waals surface area contributed by atoms with Crippen molar-refractivity contribution in [3.8, 4) is 0 Å². The number of thiol groups is 2. The maximum Gasteiger partial charge on any atom is 0.506 e. The Bertz CT molecular complexity index is 353. The van der Waals surface area contributed by atoms with Gasteiger partial charge in [-0.2, -0.15) is 25.3 Å². The first-order chi connectivity index (χ1) is 7.73. The van der Waals surface area contributed by atoms with E-state index in [9.17, 15) is 18.0 Å². The molecule has 0 aromatic carbocycles. The van der Waals surface area contributed by atoms with Gasteiger partial charge in [-0.05, 0) is 0 Å². The lowest BCUT2D eigenvalue weighted by molar-refractivity contribution is -0.138. The average Bonchev–Trinajstić information content (AvgIpc) is 2.25. The fraction of sp³-hybridized carbons (Fsp3) is 0.667. The van der Waals surface area contributed by atoms with Crippen molar-refractivity contribution in [2.24, 2.45) is 11.5 Å². The third kappa shape index (κ3) is 6.12. The minimum absolute atomic E-state index is 0.127. The van der Waals surface area contributed by atoms with Crippen molar-refractivity contribution in [2.45, 2.75) is 12.1 Å². The van der Waals surface area contributed by atoms with Crippen molar-refractivity contribution in [2.75, 3.05) is 11.5 Å². The minimum Gasteiger partial charge on any atom is -0.318 e. The Hall–Kier alpha value is -0.490.